The molecular weight excluding hydrogens is 546 g/mol. The van der Waals surface area contributed by atoms with E-state index in [4.69, 9.17) is 4.74 Å². The number of carboxylic acid groups (broad SMARTS) is 1. The number of carbonyl (C=O) groups is 4. The molecule has 0 aromatic heterocycles. The summed E-state index contributed by atoms with van der Waals surface area (Å²) in [5.41, 5.74) is 1.61. The number of likely N-dealkylation sites (tertiary alicyclic amines) is 1. The van der Waals surface area contributed by atoms with E-state index in [1.807, 2.05) is 65.6 Å². The molecule has 3 aromatic carbocycles. The van der Waals surface area contributed by atoms with Crippen LogP contribution in [-0.4, -0.2) is 66.0 Å². The maximum atomic E-state index is 14.0. The fourth-order valence-electron chi connectivity index (χ4n) is 6.43. The Bertz CT molecular complexity index is 1500. The first-order valence-electron chi connectivity index (χ1n) is 14.7. The molecule has 0 spiro atoms. The van der Waals surface area contributed by atoms with Crippen LogP contribution in [0.15, 0.2) is 78.9 Å². The Morgan fingerprint density at radius 2 is 1.56 bits per heavy atom. The Morgan fingerprint density at radius 1 is 0.907 bits per heavy atom. The molecule has 3 amide bonds. The van der Waals surface area contributed by atoms with Crippen molar-refractivity contribution in [2.24, 2.45) is 0 Å². The number of amides is 3. The fraction of sp³-hybridized carbons (Fsp3) is 0.353. The van der Waals surface area contributed by atoms with E-state index < -0.39 is 29.3 Å². The first-order chi connectivity index (χ1) is 20.8. The number of nitrogens with one attached hydrogen (secondary N) is 2. The van der Waals surface area contributed by atoms with Crippen LogP contribution in [0.5, 0.6) is 5.75 Å². The first kappa shape index (κ1) is 29.8. The molecule has 224 valence electrons. The molecule has 1 saturated heterocycles. The van der Waals surface area contributed by atoms with Gasteiger partial charge in [-0.3, -0.25) is 19.2 Å². The Hall–Kier alpha value is -4.66. The molecule has 3 atom stereocenters. The zero-order valence-electron chi connectivity index (χ0n) is 24.4. The summed E-state index contributed by atoms with van der Waals surface area (Å²) in [6.45, 7) is 2.46. The monoisotopic (exact) mass is 583 g/mol. The number of ether oxygens (including phenoxy) is 1. The number of benzene rings is 3. The minimum absolute atomic E-state index is 0.00271. The second-order valence-corrected chi connectivity index (χ2v) is 11.3. The average Bonchev–Trinajstić information content (AvgIpc) is 3.04. The van der Waals surface area contributed by atoms with E-state index in [9.17, 15) is 24.3 Å². The highest BCUT2D eigenvalue weighted by atomic mass is 16.5. The highest BCUT2D eigenvalue weighted by molar-refractivity contribution is 5.98. The number of nitrogens with zero attached hydrogens (tertiary/aromatic N) is 1. The van der Waals surface area contributed by atoms with Crippen LogP contribution >= 0.6 is 0 Å². The maximum absolute atomic E-state index is 14.0. The number of piperidine rings is 1. The summed E-state index contributed by atoms with van der Waals surface area (Å²) < 4.78 is 5.32. The molecule has 2 aliphatic rings. The van der Waals surface area contributed by atoms with Crippen molar-refractivity contribution in [1.82, 2.24) is 15.5 Å². The lowest BCUT2D eigenvalue weighted by molar-refractivity contribution is -0.142. The second-order valence-electron chi connectivity index (χ2n) is 11.3. The van der Waals surface area contributed by atoms with E-state index in [-0.39, 0.29) is 17.9 Å². The average molecular weight is 584 g/mol. The Balaban J connectivity index is 1.35. The fourth-order valence-corrected chi connectivity index (χ4v) is 6.43. The van der Waals surface area contributed by atoms with Gasteiger partial charge in [0.05, 0.1) is 24.0 Å². The molecule has 0 saturated carbocycles. The van der Waals surface area contributed by atoms with Crippen molar-refractivity contribution in [1.29, 1.82) is 0 Å². The molecule has 3 aromatic rings. The number of rotatable bonds is 8. The number of hydrogen-bond acceptors (Lipinski definition) is 5. The number of aliphatic carboxylic acids is 1. The molecule has 0 bridgehead atoms. The van der Waals surface area contributed by atoms with Gasteiger partial charge in [-0.05, 0) is 61.4 Å². The smallest absolute Gasteiger partial charge is 0.325 e. The molecule has 1 heterocycles. The van der Waals surface area contributed by atoms with Crippen molar-refractivity contribution < 1.29 is 29.0 Å². The van der Waals surface area contributed by atoms with E-state index >= 15 is 0 Å². The van der Waals surface area contributed by atoms with E-state index in [0.717, 1.165) is 16.7 Å². The van der Waals surface area contributed by atoms with Crippen LogP contribution in [0.2, 0.25) is 0 Å². The molecule has 9 heteroatoms. The van der Waals surface area contributed by atoms with Crippen LogP contribution in [0.3, 0.4) is 0 Å². The maximum Gasteiger partial charge on any atom is 0.325 e. The molecule has 43 heavy (non-hydrogen) atoms. The van der Waals surface area contributed by atoms with E-state index in [1.165, 1.54) is 14.0 Å². The van der Waals surface area contributed by atoms with Crippen molar-refractivity contribution >= 4 is 23.7 Å². The van der Waals surface area contributed by atoms with Gasteiger partial charge in [-0.2, -0.15) is 0 Å². The van der Waals surface area contributed by atoms with Gasteiger partial charge < -0.3 is 25.4 Å². The highest BCUT2D eigenvalue weighted by Crippen LogP contribution is 2.48. The van der Waals surface area contributed by atoms with Gasteiger partial charge in [0.25, 0.3) is 5.91 Å². The molecule has 3 N–H and O–H groups in total. The molecular formula is C34H37N3O6. The lowest BCUT2D eigenvalue weighted by atomic mass is 9.62. The molecule has 0 radical (unpaired) electrons. The quantitative estimate of drug-likeness (QED) is 0.370. The first-order valence-corrected chi connectivity index (χ1v) is 14.7. The van der Waals surface area contributed by atoms with Gasteiger partial charge in [-0.15, -0.1) is 0 Å². The summed E-state index contributed by atoms with van der Waals surface area (Å²) in [5.74, 6) is -1.62. The Morgan fingerprint density at radius 3 is 2.26 bits per heavy atom. The van der Waals surface area contributed by atoms with Crippen LogP contribution in [0.4, 0.5) is 0 Å². The number of carboxylic acids is 1. The third kappa shape index (κ3) is 5.84. The number of hydrogen-bond donors (Lipinski definition) is 3. The molecule has 9 nitrogen and oxygen atoms in total. The number of methoxy groups -OCH3 is 1. The summed E-state index contributed by atoms with van der Waals surface area (Å²) >= 11 is 0. The topological polar surface area (TPSA) is 125 Å². The standard InChI is InChI=1S/C34H37N3O6/c1-22(32(40)41)35-33(42)34(23-10-4-3-5-11-23)19-16-26(25-12-6-8-14-28(25)34)31(39)37-20-17-24(18-21-37)36-30(38)27-13-7-9-15-29(27)43-2/h3-15,22,24,26H,16-21H2,1-2H3,(H,35,42)(H,36,38)(H,40,41)/t22-,26-,34+/m0/s1. The highest BCUT2D eigenvalue weighted by Gasteiger charge is 2.49. The Kier molecular flexibility index (Phi) is 8.80. The van der Waals surface area contributed by atoms with Crippen LogP contribution in [0, 0.1) is 0 Å². The Labute approximate surface area is 251 Å². The van der Waals surface area contributed by atoms with E-state index in [1.54, 1.807) is 18.2 Å². The van der Waals surface area contributed by atoms with Gasteiger partial charge in [0.2, 0.25) is 11.8 Å². The lowest BCUT2D eigenvalue weighted by Crippen LogP contribution is -2.53. The van der Waals surface area contributed by atoms with Crippen LogP contribution in [-0.2, 0) is 19.8 Å². The summed E-state index contributed by atoms with van der Waals surface area (Å²) in [4.78, 5) is 54.3. The van der Waals surface area contributed by atoms with Gasteiger partial charge in [0.15, 0.2) is 0 Å². The number of para-hydroxylation sites is 1. The van der Waals surface area contributed by atoms with E-state index in [0.29, 0.717) is 50.1 Å². The van der Waals surface area contributed by atoms with Gasteiger partial charge in [-0.25, -0.2) is 0 Å². The van der Waals surface area contributed by atoms with Crippen molar-refractivity contribution in [3.8, 4) is 5.75 Å². The largest absolute Gasteiger partial charge is 0.496 e. The molecule has 1 aliphatic carbocycles. The normalized spacial score (nSPS) is 20.8. The minimum atomic E-state index is -1.13. The molecule has 1 aliphatic heterocycles. The summed E-state index contributed by atoms with van der Waals surface area (Å²) in [6.07, 6.45) is 2.05. The van der Waals surface area contributed by atoms with Crippen molar-refractivity contribution in [2.45, 2.75) is 56.0 Å². The van der Waals surface area contributed by atoms with Crippen molar-refractivity contribution in [3.05, 3.63) is 101 Å². The molecule has 0 unspecified atom stereocenters. The third-order valence-electron chi connectivity index (χ3n) is 8.77. The van der Waals surface area contributed by atoms with Crippen LogP contribution in [0.1, 0.15) is 65.6 Å². The summed E-state index contributed by atoms with van der Waals surface area (Å²) in [6, 6.07) is 22.8. The lowest BCUT2D eigenvalue weighted by Gasteiger charge is -2.43. The van der Waals surface area contributed by atoms with Crippen LogP contribution in [0.25, 0.3) is 0 Å². The SMILES string of the molecule is COc1ccccc1C(=O)NC1CCN(C(=O)[C@H]2CC[C@@](C(=O)N[C@@H](C)C(=O)O)(c3ccccc3)c3ccccc32)CC1. The van der Waals surface area contributed by atoms with Crippen molar-refractivity contribution in [3.63, 3.8) is 0 Å². The molecule has 5 rings (SSSR count). The van der Waals surface area contributed by atoms with Gasteiger partial charge in [0, 0.05) is 19.1 Å². The summed E-state index contributed by atoms with van der Waals surface area (Å²) in [7, 11) is 1.53. The third-order valence-corrected chi connectivity index (χ3v) is 8.77. The number of carbonyl (C=O) groups excluding carboxylic acids is 3. The predicted octanol–water partition coefficient (Wildman–Crippen LogP) is 3.87. The van der Waals surface area contributed by atoms with Gasteiger partial charge in [0.1, 0.15) is 11.8 Å². The molecule has 1 fully saturated rings. The van der Waals surface area contributed by atoms with Gasteiger partial charge >= 0.3 is 5.97 Å². The number of fused-ring (bicyclic) bond motifs is 1. The minimum Gasteiger partial charge on any atom is -0.496 e. The predicted molar refractivity (Wildman–Crippen MR) is 161 cm³/mol. The van der Waals surface area contributed by atoms with E-state index in [2.05, 4.69) is 10.6 Å². The zero-order chi connectivity index (χ0) is 30.6. The van der Waals surface area contributed by atoms with Crippen LogP contribution < -0.4 is 15.4 Å². The second kappa shape index (κ2) is 12.7. The van der Waals surface area contributed by atoms with Crippen molar-refractivity contribution in [2.75, 3.05) is 20.2 Å². The zero-order valence-corrected chi connectivity index (χ0v) is 24.4. The van der Waals surface area contributed by atoms with Gasteiger partial charge in [-0.1, -0.05) is 66.7 Å². The summed E-state index contributed by atoms with van der Waals surface area (Å²) in [5, 5.41) is 15.3.